The lowest BCUT2D eigenvalue weighted by Gasteiger charge is -2.08. The Morgan fingerprint density at radius 1 is 1.40 bits per heavy atom. The van der Waals surface area contributed by atoms with Crippen LogP contribution in [-0.2, 0) is 10.1 Å². The van der Waals surface area contributed by atoms with Crippen LogP contribution in [0.2, 0.25) is 0 Å². The first-order valence-corrected chi connectivity index (χ1v) is 4.87. The van der Waals surface area contributed by atoms with Gasteiger partial charge in [0.25, 0.3) is 0 Å². The maximum Gasteiger partial charge on any atom is 0.314 e. The van der Waals surface area contributed by atoms with E-state index in [9.17, 15) is 23.1 Å². The van der Waals surface area contributed by atoms with Crippen molar-refractivity contribution in [1.82, 2.24) is 0 Å². The molecule has 0 radical (unpaired) electrons. The van der Waals surface area contributed by atoms with Gasteiger partial charge in [-0.05, 0) is 6.07 Å². The van der Waals surface area contributed by atoms with E-state index in [4.69, 9.17) is 10.8 Å². The third-order valence-electron chi connectivity index (χ3n) is 1.58. The van der Waals surface area contributed by atoms with Crippen LogP contribution in [-0.4, -0.2) is 23.0 Å². The Morgan fingerprint density at radius 3 is 2.33 bits per heavy atom. The summed E-state index contributed by atoms with van der Waals surface area (Å²) < 4.78 is 31.7. The molecule has 0 bridgehead atoms. The summed E-state index contributed by atoms with van der Waals surface area (Å²) in [5, 5.41) is 19.4. The lowest BCUT2D eigenvalue weighted by Crippen LogP contribution is -2.02. The molecule has 0 aliphatic rings. The first-order chi connectivity index (χ1) is 6.73. The van der Waals surface area contributed by atoms with Crippen LogP contribution in [0.1, 0.15) is 0 Å². The molecular weight excluding hydrogens is 228 g/mol. The molecule has 0 heterocycles. The Balaban J connectivity index is 3.57. The molecule has 0 amide bonds. The number of nitrogens with zero attached hydrogens (tertiary/aromatic N) is 1. The van der Waals surface area contributed by atoms with Crippen LogP contribution in [0, 0.1) is 10.1 Å². The molecule has 0 unspecified atom stereocenters. The number of rotatable bonds is 2. The molecule has 3 N–H and O–H groups in total. The van der Waals surface area contributed by atoms with Gasteiger partial charge < -0.3 is 15.4 Å². The van der Waals surface area contributed by atoms with Crippen LogP contribution in [0.25, 0.3) is 0 Å². The van der Waals surface area contributed by atoms with Gasteiger partial charge in [0.05, 0.1) is 15.5 Å². The molecule has 0 aliphatic carbocycles. The van der Waals surface area contributed by atoms with E-state index in [2.05, 4.69) is 0 Å². The fourth-order valence-electron chi connectivity index (χ4n) is 0.898. The summed E-state index contributed by atoms with van der Waals surface area (Å²) in [5.74, 6) is -0.868. The van der Waals surface area contributed by atoms with Crippen molar-refractivity contribution in [2.45, 2.75) is 4.90 Å². The molecule has 9 heteroatoms. The first kappa shape index (κ1) is 11.2. The van der Waals surface area contributed by atoms with Gasteiger partial charge in [0, 0.05) is 6.07 Å². The molecule has 1 aromatic carbocycles. The number of nitro benzene ring substituents is 1. The quantitative estimate of drug-likeness (QED) is 0.236. The van der Waals surface area contributed by atoms with E-state index in [1.807, 2.05) is 0 Å². The summed E-state index contributed by atoms with van der Waals surface area (Å²) in [4.78, 5) is 8.45. The second-order valence-electron chi connectivity index (χ2n) is 2.59. The SMILES string of the molecule is Nc1cc(S(=O)(=O)[O-])cc([N+](=O)[O-])c1O. The molecule has 0 saturated carbocycles. The predicted molar refractivity (Wildman–Crippen MR) is 47.1 cm³/mol. The second kappa shape index (κ2) is 3.37. The van der Waals surface area contributed by atoms with Crippen LogP contribution in [0.3, 0.4) is 0 Å². The minimum atomic E-state index is -4.84. The fourth-order valence-corrected chi connectivity index (χ4v) is 1.43. The topological polar surface area (TPSA) is 147 Å². The summed E-state index contributed by atoms with van der Waals surface area (Å²) in [6.07, 6.45) is 0. The Labute approximate surface area is 83.8 Å². The molecule has 0 fully saturated rings. The molecule has 0 aliphatic heterocycles. The van der Waals surface area contributed by atoms with Crippen molar-refractivity contribution in [2.75, 3.05) is 5.73 Å². The maximum atomic E-state index is 10.6. The van der Waals surface area contributed by atoms with Gasteiger partial charge in [0.15, 0.2) is 0 Å². The highest BCUT2D eigenvalue weighted by Gasteiger charge is 2.19. The first-order valence-electron chi connectivity index (χ1n) is 3.46. The highest BCUT2D eigenvalue weighted by molar-refractivity contribution is 7.85. The van der Waals surface area contributed by atoms with Gasteiger partial charge in [0.1, 0.15) is 10.1 Å². The highest BCUT2D eigenvalue weighted by Crippen LogP contribution is 2.34. The maximum absolute atomic E-state index is 10.6. The van der Waals surface area contributed by atoms with E-state index in [0.29, 0.717) is 12.1 Å². The van der Waals surface area contributed by atoms with Crippen molar-refractivity contribution < 1.29 is 23.0 Å². The molecule has 15 heavy (non-hydrogen) atoms. The predicted octanol–water partition coefficient (Wildman–Crippen LogP) is -0.213. The number of benzene rings is 1. The second-order valence-corrected chi connectivity index (χ2v) is 3.97. The molecule has 82 valence electrons. The Kier molecular flexibility index (Phi) is 2.51. The van der Waals surface area contributed by atoms with E-state index in [-0.39, 0.29) is 0 Å². The zero-order chi connectivity index (χ0) is 11.8. The minimum absolute atomic E-state index is 0.452. The van der Waals surface area contributed by atoms with Gasteiger partial charge in [0.2, 0.25) is 5.75 Å². The van der Waals surface area contributed by atoms with E-state index >= 15 is 0 Å². The van der Waals surface area contributed by atoms with Crippen molar-refractivity contribution in [3.05, 3.63) is 22.2 Å². The molecule has 1 rings (SSSR count). The third kappa shape index (κ3) is 2.14. The van der Waals surface area contributed by atoms with Crippen LogP contribution in [0.4, 0.5) is 11.4 Å². The number of hydrogen-bond acceptors (Lipinski definition) is 7. The van der Waals surface area contributed by atoms with Gasteiger partial charge in [-0.2, -0.15) is 0 Å². The monoisotopic (exact) mass is 233 g/mol. The van der Waals surface area contributed by atoms with Crippen molar-refractivity contribution in [1.29, 1.82) is 0 Å². The highest BCUT2D eigenvalue weighted by atomic mass is 32.2. The van der Waals surface area contributed by atoms with Gasteiger partial charge in [-0.1, -0.05) is 0 Å². The Morgan fingerprint density at radius 2 is 1.93 bits per heavy atom. The Hall–Kier alpha value is -1.87. The zero-order valence-corrected chi connectivity index (χ0v) is 7.89. The average molecular weight is 233 g/mol. The summed E-state index contributed by atoms with van der Waals surface area (Å²) in [6.45, 7) is 0. The van der Waals surface area contributed by atoms with E-state index < -0.39 is 37.1 Å². The summed E-state index contributed by atoms with van der Waals surface area (Å²) >= 11 is 0. The zero-order valence-electron chi connectivity index (χ0n) is 7.08. The molecule has 0 saturated heterocycles. The van der Waals surface area contributed by atoms with E-state index in [1.54, 1.807) is 0 Å². The standard InChI is InChI=1S/C6H6N2O6S/c7-4-1-3(15(12,13)14)2-5(6(4)9)8(10)11/h1-2,9H,7H2,(H,12,13,14)/p-1. The number of anilines is 1. The molecule has 0 aromatic heterocycles. The lowest BCUT2D eigenvalue weighted by molar-refractivity contribution is -0.386. The van der Waals surface area contributed by atoms with Gasteiger partial charge in [-0.15, -0.1) is 0 Å². The number of phenols is 1. The fraction of sp³-hybridized carbons (Fsp3) is 0. The van der Waals surface area contributed by atoms with E-state index in [0.717, 1.165) is 0 Å². The molecule has 0 spiro atoms. The summed E-state index contributed by atoms with van der Waals surface area (Å²) in [5.41, 5.74) is 3.63. The number of nitrogens with two attached hydrogens (primary N) is 1. The Bertz CT molecular complexity index is 523. The smallest absolute Gasteiger partial charge is 0.314 e. The van der Waals surface area contributed by atoms with Crippen molar-refractivity contribution in [3.63, 3.8) is 0 Å². The molecule has 8 nitrogen and oxygen atoms in total. The minimum Gasteiger partial charge on any atom is -0.744 e. The van der Waals surface area contributed by atoms with Crippen LogP contribution in [0.15, 0.2) is 17.0 Å². The van der Waals surface area contributed by atoms with Crippen LogP contribution in [0.5, 0.6) is 5.75 Å². The number of nitrogen functional groups attached to an aromatic ring is 1. The third-order valence-corrected chi connectivity index (χ3v) is 2.39. The number of hydrogen-bond donors (Lipinski definition) is 2. The molecular formula is C6H5N2O6S-. The molecule has 1 aromatic rings. The average Bonchev–Trinajstić information content (AvgIpc) is 2.06. The van der Waals surface area contributed by atoms with Crippen molar-refractivity contribution in [3.8, 4) is 5.75 Å². The van der Waals surface area contributed by atoms with Crippen molar-refractivity contribution >= 4 is 21.5 Å². The van der Waals surface area contributed by atoms with E-state index in [1.165, 1.54) is 0 Å². The van der Waals surface area contributed by atoms with Gasteiger partial charge >= 0.3 is 5.69 Å². The summed E-state index contributed by atoms with van der Waals surface area (Å²) in [7, 11) is -4.84. The van der Waals surface area contributed by atoms with Crippen molar-refractivity contribution in [2.24, 2.45) is 0 Å². The normalized spacial score (nSPS) is 11.3. The largest absolute Gasteiger partial charge is 0.744 e. The molecule has 0 atom stereocenters. The number of nitro groups is 1. The lowest BCUT2D eigenvalue weighted by atomic mass is 10.2. The van der Waals surface area contributed by atoms with Gasteiger partial charge in [-0.3, -0.25) is 10.1 Å². The van der Waals surface area contributed by atoms with Crippen LogP contribution < -0.4 is 5.73 Å². The summed E-state index contributed by atoms with van der Waals surface area (Å²) in [6, 6.07) is 1.11. The van der Waals surface area contributed by atoms with Crippen LogP contribution >= 0.6 is 0 Å². The van der Waals surface area contributed by atoms with Gasteiger partial charge in [-0.25, -0.2) is 8.42 Å². The number of aromatic hydroxyl groups is 1. The number of phenolic OH excluding ortho intramolecular Hbond substituents is 1.